The molecule has 33 heavy (non-hydrogen) atoms. The molecule has 2 aromatic rings. The quantitative estimate of drug-likeness (QED) is 0.375. The van der Waals surface area contributed by atoms with Crippen molar-refractivity contribution in [1.29, 1.82) is 0 Å². The Hall–Kier alpha value is -4.28. The van der Waals surface area contributed by atoms with E-state index in [-0.39, 0.29) is 28.7 Å². The first kappa shape index (κ1) is 23.4. The summed E-state index contributed by atoms with van der Waals surface area (Å²) in [6.45, 7) is -0.628. The van der Waals surface area contributed by atoms with Crippen LogP contribution in [0.25, 0.3) is 0 Å². The molecule has 1 N–H and O–H groups in total. The van der Waals surface area contributed by atoms with Crippen molar-refractivity contribution in [3.05, 3.63) is 74.8 Å². The first-order valence-corrected chi connectivity index (χ1v) is 9.76. The molecule has 2 aromatic carbocycles. The predicted molar refractivity (Wildman–Crippen MR) is 114 cm³/mol. The Morgan fingerprint density at radius 2 is 1.85 bits per heavy atom. The molecule has 0 fully saturated rings. The number of nitro benzene ring substituents is 1. The Morgan fingerprint density at radius 3 is 2.45 bits per heavy atom. The van der Waals surface area contributed by atoms with Crippen molar-refractivity contribution in [2.24, 2.45) is 0 Å². The van der Waals surface area contributed by atoms with Crippen molar-refractivity contribution in [3.63, 3.8) is 0 Å². The number of amides is 2. The summed E-state index contributed by atoms with van der Waals surface area (Å²) in [5.41, 5.74) is -1.78. The molecule has 0 saturated carbocycles. The lowest BCUT2D eigenvalue weighted by molar-refractivity contribution is -0.385. The number of esters is 1. The van der Waals surface area contributed by atoms with Gasteiger partial charge in [0.1, 0.15) is 12.2 Å². The maximum absolute atomic E-state index is 12.5. The molecule has 3 rings (SSSR count). The van der Waals surface area contributed by atoms with Crippen molar-refractivity contribution in [2.75, 3.05) is 27.7 Å². The van der Waals surface area contributed by atoms with Gasteiger partial charge in [-0.25, -0.2) is 4.79 Å². The molecule has 0 unspecified atom stereocenters. The zero-order valence-electron chi connectivity index (χ0n) is 18.1. The average Bonchev–Trinajstić information content (AvgIpc) is 2.99. The van der Waals surface area contributed by atoms with Crippen LogP contribution in [0.15, 0.2) is 42.5 Å². The number of likely N-dealkylation sites (N-methyl/N-ethyl adjacent to an activating group) is 1. The number of hydrogen-bond donors (Lipinski definition) is 1. The average molecular weight is 455 g/mol. The molecule has 1 atom stereocenters. The SMILES string of the molecule is CN(C)C(=O)c1cc(CC(=O)OC[C@@]2(C(=O)O)c3ccccc3C(=O)N2C)ccc1[N+](=O)[O-]. The summed E-state index contributed by atoms with van der Waals surface area (Å²) in [7, 11) is 4.20. The maximum atomic E-state index is 12.5. The van der Waals surface area contributed by atoms with E-state index in [0.29, 0.717) is 0 Å². The molecular formula is C22H21N3O8. The molecule has 11 nitrogen and oxygen atoms in total. The summed E-state index contributed by atoms with van der Waals surface area (Å²) in [6.07, 6.45) is -0.360. The minimum atomic E-state index is -1.88. The lowest BCUT2D eigenvalue weighted by Crippen LogP contribution is -2.51. The van der Waals surface area contributed by atoms with E-state index in [1.54, 1.807) is 12.1 Å². The fourth-order valence-electron chi connectivity index (χ4n) is 3.73. The van der Waals surface area contributed by atoms with Gasteiger partial charge in [0, 0.05) is 38.3 Å². The number of carbonyl (C=O) groups is 4. The van der Waals surface area contributed by atoms with Gasteiger partial charge < -0.3 is 19.6 Å². The van der Waals surface area contributed by atoms with Crippen molar-refractivity contribution >= 4 is 29.4 Å². The van der Waals surface area contributed by atoms with Gasteiger partial charge in [-0.05, 0) is 17.7 Å². The first-order valence-electron chi connectivity index (χ1n) is 9.76. The van der Waals surface area contributed by atoms with Gasteiger partial charge in [-0.2, -0.15) is 0 Å². The van der Waals surface area contributed by atoms with Crippen LogP contribution < -0.4 is 0 Å². The fourth-order valence-corrected chi connectivity index (χ4v) is 3.73. The summed E-state index contributed by atoms with van der Waals surface area (Å²) < 4.78 is 5.25. The van der Waals surface area contributed by atoms with E-state index in [2.05, 4.69) is 0 Å². The maximum Gasteiger partial charge on any atom is 0.338 e. The van der Waals surface area contributed by atoms with Gasteiger partial charge in [0.15, 0.2) is 0 Å². The number of nitrogens with zero attached hydrogens (tertiary/aromatic N) is 3. The number of carboxylic acids is 1. The number of fused-ring (bicyclic) bond motifs is 1. The monoisotopic (exact) mass is 455 g/mol. The summed E-state index contributed by atoms with van der Waals surface area (Å²) in [5.74, 6) is -3.29. The highest BCUT2D eigenvalue weighted by Gasteiger charge is 2.54. The minimum absolute atomic E-state index is 0.188. The van der Waals surface area contributed by atoms with Crippen LogP contribution in [-0.2, 0) is 26.3 Å². The number of benzene rings is 2. The predicted octanol–water partition coefficient (Wildman–Crippen LogP) is 1.45. The molecular weight excluding hydrogens is 434 g/mol. The molecule has 1 aliphatic rings. The van der Waals surface area contributed by atoms with Crippen LogP contribution >= 0.6 is 0 Å². The highest BCUT2D eigenvalue weighted by atomic mass is 16.6. The molecule has 11 heteroatoms. The van der Waals surface area contributed by atoms with Crippen LogP contribution in [0.3, 0.4) is 0 Å². The second-order valence-electron chi connectivity index (χ2n) is 7.72. The van der Waals surface area contributed by atoms with E-state index >= 15 is 0 Å². The van der Waals surface area contributed by atoms with Crippen LogP contribution in [0, 0.1) is 10.1 Å². The summed E-state index contributed by atoms with van der Waals surface area (Å²) in [6, 6.07) is 9.86. The summed E-state index contributed by atoms with van der Waals surface area (Å²) in [5, 5.41) is 21.2. The van der Waals surface area contributed by atoms with E-state index < -0.39 is 46.5 Å². The second kappa shape index (κ2) is 8.69. The summed E-state index contributed by atoms with van der Waals surface area (Å²) in [4.78, 5) is 62.3. The molecule has 0 bridgehead atoms. The Kier molecular flexibility index (Phi) is 6.16. The van der Waals surface area contributed by atoms with Crippen molar-refractivity contribution in [3.8, 4) is 0 Å². The lowest BCUT2D eigenvalue weighted by Gasteiger charge is -2.32. The van der Waals surface area contributed by atoms with E-state index in [4.69, 9.17) is 4.74 Å². The third kappa shape index (κ3) is 4.00. The zero-order chi connectivity index (χ0) is 24.5. The third-order valence-corrected chi connectivity index (χ3v) is 5.52. The van der Waals surface area contributed by atoms with E-state index in [9.17, 15) is 34.4 Å². The second-order valence-corrected chi connectivity index (χ2v) is 7.72. The minimum Gasteiger partial charge on any atom is -0.479 e. The molecule has 0 radical (unpaired) electrons. The number of aliphatic carboxylic acids is 1. The van der Waals surface area contributed by atoms with Gasteiger partial charge in [-0.3, -0.25) is 24.5 Å². The van der Waals surface area contributed by atoms with Crippen molar-refractivity contribution in [2.45, 2.75) is 12.0 Å². The highest BCUT2D eigenvalue weighted by molar-refractivity contribution is 6.05. The number of carbonyl (C=O) groups excluding carboxylic acids is 3. The Bertz CT molecular complexity index is 1180. The first-order chi connectivity index (χ1) is 15.5. The molecule has 2 amide bonds. The van der Waals surface area contributed by atoms with Gasteiger partial charge >= 0.3 is 11.9 Å². The number of ether oxygens (including phenoxy) is 1. The third-order valence-electron chi connectivity index (χ3n) is 5.52. The number of nitro groups is 1. The van der Waals surface area contributed by atoms with E-state index in [0.717, 1.165) is 11.0 Å². The van der Waals surface area contributed by atoms with Crippen LogP contribution in [0.1, 0.15) is 31.8 Å². The van der Waals surface area contributed by atoms with Gasteiger partial charge in [0.2, 0.25) is 5.54 Å². The number of hydrogen-bond acceptors (Lipinski definition) is 7. The van der Waals surface area contributed by atoms with Crippen LogP contribution in [0.2, 0.25) is 0 Å². The molecule has 0 saturated heterocycles. The van der Waals surface area contributed by atoms with Crippen molar-refractivity contribution in [1.82, 2.24) is 9.80 Å². The van der Waals surface area contributed by atoms with E-state index in [1.807, 2.05) is 0 Å². The standard InChI is InChI=1S/C22H21N3O8/c1-23(2)19(27)15-10-13(8-9-17(15)25(31)32)11-18(26)33-12-22(21(29)30)16-7-5-4-6-14(16)20(28)24(22)3/h4-10H,11-12H2,1-3H3,(H,29,30)/t22-/m0/s1. The molecule has 1 heterocycles. The number of carboxylic acid groups (broad SMARTS) is 1. The highest BCUT2D eigenvalue weighted by Crippen LogP contribution is 2.38. The van der Waals surface area contributed by atoms with E-state index in [1.165, 1.54) is 50.3 Å². The molecule has 172 valence electrons. The molecule has 0 aromatic heterocycles. The largest absolute Gasteiger partial charge is 0.479 e. The van der Waals surface area contributed by atoms with Crippen LogP contribution in [0.5, 0.6) is 0 Å². The van der Waals surface area contributed by atoms with Crippen LogP contribution in [0.4, 0.5) is 5.69 Å². The molecule has 0 spiro atoms. The molecule has 0 aliphatic carbocycles. The van der Waals surface area contributed by atoms with Gasteiger partial charge in [0.05, 0.1) is 11.3 Å². The zero-order valence-corrected chi connectivity index (χ0v) is 18.1. The fraction of sp³-hybridized carbons (Fsp3) is 0.273. The Labute approximate surface area is 188 Å². The smallest absolute Gasteiger partial charge is 0.338 e. The Balaban J connectivity index is 1.84. The Morgan fingerprint density at radius 1 is 1.18 bits per heavy atom. The van der Waals surface area contributed by atoms with Gasteiger partial charge in [0.25, 0.3) is 17.5 Å². The van der Waals surface area contributed by atoms with Gasteiger partial charge in [-0.1, -0.05) is 24.3 Å². The van der Waals surface area contributed by atoms with Crippen LogP contribution in [-0.4, -0.2) is 71.3 Å². The molecule has 1 aliphatic heterocycles. The van der Waals surface area contributed by atoms with Gasteiger partial charge in [-0.15, -0.1) is 0 Å². The van der Waals surface area contributed by atoms with Crippen molar-refractivity contribution < 1.29 is 33.9 Å². The number of rotatable bonds is 7. The topological polar surface area (TPSA) is 147 Å². The summed E-state index contributed by atoms with van der Waals surface area (Å²) >= 11 is 0. The normalized spacial score (nSPS) is 16.8. The lowest BCUT2D eigenvalue weighted by atomic mass is 9.90.